The molecule has 3 atom stereocenters. The molecule has 1 fully saturated rings. The molecular weight excluding hydrogens is 212 g/mol. The smallest absolute Gasteiger partial charge is 0.0524 e. The molecule has 3 heteroatoms. The average molecular weight is 242 g/mol. The van der Waals surface area contributed by atoms with Gasteiger partial charge in [-0.1, -0.05) is 6.92 Å². The molecule has 17 heavy (non-hydrogen) atoms. The van der Waals surface area contributed by atoms with Crippen molar-refractivity contribution in [2.45, 2.75) is 58.6 Å². The lowest BCUT2D eigenvalue weighted by Gasteiger charge is -2.36. The lowest BCUT2D eigenvalue weighted by Crippen LogP contribution is -2.45. The van der Waals surface area contributed by atoms with Crippen LogP contribution in [0.15, 0.2) is 0 Å². The largest absolute Gasteiger partial charge is 0.393 e. The predicted octanol–water partition coefficient (Wildman–Crippen LogP) is 1.86. The van der Waals surface area contributed by atoms with Crippen LogP contribution in [0, 0.1) is 5.92 Å². The summed E-state index contributed by atoms with van der Waals surface area (Å²) in [5, 5.41) is 12.9. The van der Waals surface area contributed by atoms with Gasteiger partial charge in [-0.05, 0) is 58.5 Å². The summed E-state index contributed by atoms with van der Waals surface area (Å²) in [6.07, 6.45) is 4.61. The summed E-state index contributed by atoms with van der Waals surface area (Å²) in [5.74, 6) is 0.782. The summed E-state index contributed by atoms with van der Waals surface area (Å²) in [6, 6.07) is 0.629. The fourth-order valence-corrected chi connectivity index (χ4v) is 2.61. The number of aliphatic hydroxyl groups excluding tert-OH is 1. The van der Waals surface area contributed by atoms with E-state index in [4.69, 9.17) is 0 Å². The van der Waals surface area contributed by atoms with Crippen LogP contribution in [-0.4, -0.2) is 48.3 Å². The number of hydrogen-bond acceptors (Lipinski definition) is 3. The fourth-order valence-electron chi connectivity index (χ4n) is 2.61. The van der Waals surface area contributed by atoms with E-state index in [9.17, 15) is 5.11 Å². The molecule has 0 spiro atoms. The van der Waals surface area contributed by atoms with E-state index in [0.29, 0.717) is 6.04 Å². The second kappa shape index (κ2) is 8.06. The number of hydrogen-bond donors (Lipinski definition) is 2. The van der Waals surface area contributed by atoms with Crippen LogP contribution in [0.5, 0.6) is 0 Å². The summed E-state index contributed by atoms with van der Waals surface area (Å²) in [7, 11) is 0. The molecule has 0 aromatic rings. The second-order valence-electron chi connectivity index (χ2n) is 5.58. The topological polar surface area (TPSA) is 35.5 Å². The van der Waals surface area contributed by atoms with Gasteiger partial charge in [0.15, 0.2) is 0 Å². The van der Waals surface area contributed by atoms with Crippen molar-refractivity contribution < 1.29 is 5.11 Å². The lowest BCUT2D eigenvalue weighted by atomic mass is 9.91. The van der Waals surface area contributed by atoms with Crippen molar-refractivity contribution in [2.24, 2.45) is 5.92 Å². The first-order valence-corrected chi connectivity index (χ1v) is 7.27. The van der Waals surface area contributed by atoms with Gasteiger partial charge in [-0.2, -0.15) is 0 Å². The molecule has 0 aromatic heterocycles. The number of piperidine rings is 1. The molecule has 1 saturated heterocycles. The molecule has 0 radical (unpaired) electrons. The van der Waals surface area contributed by atoms with Crippen molar-refractivity contribution in [1.82, 2.24) is 10.2 Å². The van der Waals surface area contributed by atoms with Gasteiger partial charge < -0.3 is 15.3 Å². The Kier molecular flexibility index (Phi) is 7.09. The van der Waals surface area contributed by atoms with Crippen LogP contribution in [0.3, 0.4) is 0 Å². The van der Waals surface area contributed by atoms with Crippen molar-refractivity contribution in [3.8, 4) is 0 Å². The molecule has 1 rings (SSSR count). The van der Waals surface area contributed by atoms with Gasteiger partial charge in [0.1, 0.15) is 0 Å². The Morgan fingerprint density at radius 2 is 2.18 bits per heavy atom. The highest BCUT2D eigenvalue weighted by molar-refractivity contribution is 4.80. The molecule has 0 bridgehead atoms. The minimum Gasteiger partial charge on any atom is -0.393 e. The Labute approximate surface area is 107 Å². The van der Waals surface area contributed by atoms with E-state index >= 15 is 0 Å². The van der Waals surface area contributed by atoms with Crippen LogP contribution in [0.2, 0.25) is 0 Å². The van der Waals surface area contributed by atoms with E-state index in [-0.39, 0.29) is 6.10 Å². The lowest BCUT2D eigenvalue weighted by molar-refractivity contribution is 0.117. The summed E-state index contributed by atoms with van der Waals surface area (Å²) in [4.78, 5) is 2.52. The van der Waals surface area contributed by atoms with E-state index in [1.807, 2.05) is 6.92 Å². The van der Waals surface area contributed by atoms with Crippen molar-refractivity contribution in [3.63, 3.8) is 0 Å². The van der Waals surface area contributed by atoms with Crippen LogP contribution in [0.4, 0.5) is 0 Å². The SMILES string of the molecule is CCCNC(C)C1CCCN(CCC(C)O)C1. The zero-order valence-electron chi connectivity index (χ0n) is 11.8. The quantitative estimate of drug-likeness (QED) is 0.715. The molecule has 0 saturated carbocycles. The van der Waals surface area contributed by atoms with Crippen molar-refractivity contribution in [2.75, 3.05) is 26.2 Å². The Morgan fingerprint density at radius 3 is 2.82 bits per heavy atom. The van der Waals surface area contributed by atoms with Crippen LogP contribution < -0.4 is 5.32 Å². The molecule has 0 aliphatic carbocycles. The minimum absolute atomic E-state index is 0.161. The Balaban J connectivity index is 2.27. The van der Waals surface area contributed by atoms with Crippen molar-refractivity contribution in [1.29, 1.82) is 0 Å². The zero-order valence-corrected chi connectivity index (χ0v) is 11.8. The molecule has 3 nitrogen and oxygen atoms in total. The predicted molar refractivity (Wildman–Crippen MR) is 73.2 cm³/mol. The molecule has 1 aliphatic rings. The summed E-state index contributed by atoms with van der Waals surface area (Å²) in [5.41, 5.74) is 0. The van der Waals surface area contributed by atoms with Crippen molar-refractivity contribution in [3.05, 3.63) is 0 Å². The van der Waals surface area contributed by atoms with Crippen LogP contribution in [-0.2, 0) is 0 Å². The van der Waals surface area contributed by atoms with Gasteiger partial charge in [-0.25, -0.2) is 0 Å². The van der Waals surface area contributed by atoms with Gasteiger partial charge in [-0.3, -0.25) is 0 Å². The summed E-state index contributed by atoms with van der Waals surface area (Å²) >= 11 is 0. The highest BCUT2D eigenvalue weighted by Crippen LogP contribution is 2.20. The molecule has 102 valence electrons. The molecule has 1 heterocycles. The molecule has 3 unspecified atom stereocenters. The fraction of sp³-hybridized carbons (Fsp3) is 1.00. The van der Waals surface area contributed by atoms with E-state index in [2.05, 4.69) is 24.1 Å². The van der Waals surface area contributed by atoms with Gasteiger partial charge >= 0.3 is 0 Å². The van der Waals surface area contributed by atoms with Crippen LogP contribution in [0.25, 0.3) is 0 Å². The zero-order chi connectivity index (χ0) is 12.7. The Hall–Kier alpha value is -0.120. The number of nitrogens with zero attached hydrogens (tertiary/aromatic N) is 1. The third kappa shape index (κ3) is 5.84. The molecule has 1 aliphatic heterocycles. The molecule has 0 amide bonds. The van der Waals surface area contributed by atoms with Crippen LogP contribution >= 0.6 is 0 Å². The molecular formula is C14H30N2O. The molecule has 2 N–H and O–H groups in total. The van der Waals surface area contributed by atoms with E-state index in [1.54, 1.807) is 0 Å². The summed E-state index contributed by atoms with van der Waals surface area (Å²) in [6.45, 7) is 11.0. The maximum atomic E-state index is 9.34. The molecule has 0 aromatic carbocycles. The van der Waals surface area contributed by atoms with Gasteiger partial charge in [0.25, 0.3) is 0 Å². The number of rotatable bonds is 7. The van der Waals surface area contributed by atoms with Gasteiger partial charge in [0.2, 0.25) is 0 Å². The van der Waals surface area contributed by atoms with Gasteiger partial charge in [0.05, 0.1) is 6.10 Å². The summed E-state index contributed by atoms with van der Waals surface area (Å²) < 4.78 is 0. The first kappa shape index (κ1) is 14.9. The van der Waals surface area contributed by atoms with E-state index < -0.39 is 0 Å². The van der Waals surface area contributed by atoms with E-state index in [1.165, 1.54) is 32.4 Å². The minimum atomic E-state index is -0.161. The third-order valence-corrected chi connectivity index (χ3v) is 3.83. The maximum absolute atomic E-state index is 9.34. The number of nitrogens with one attached hydrogen (secondary N) is 1. The first-order valence-electron chi connectivity index (χ1n) is 7.27. The monoisotopic (exact) mass is 242 g/mol. The van der Waals surface area contributed by atoms with E-state index in [0.717, 1.165) is 25.4 Å². The highest BCUT2D eigenvalue weighted by atomic mass is 16.3. The highest BCUT2D eigenvalue weighted by Gasteiger charge is 2.23. The van der Waals surface area contributed by atoms with Crippen molar-refractivity contribution >= 4 is 0 Å². The Morgan fingerprint density at radius 1 is 1.41 bits per heavy atom. The number of likely N-dealkylation sites (tertiary alicyclic amines) is 1. The van der Waals surface area contributed by atoms with Crippen LogP contribution in [0.1, 0.15) is 46.5 Å². The number of aliphatic hydroxyl groups is 1. The maximum Gasteiger partial charge on any atom is 0.0524 e. The van der Waals surface area contributed by atoms with Gasteiger partial charge in [0, 0.05) is 19.1 Å². The Bertz CT molecular complexity index is 197. The average Bonchev–Trinajstić information content (AvgIpc) is 2.33. The van der Waals surface area contributed by atoms with Gasteiger partial charge in [-0.15, -0.1) is 0 Å². The standard InChI is InChI=1S/C14H30N2O/c1-4-8-15-13(3)14-6-5-9-16(11-14)10-7-12(2)17/h12-15,17H,4-11H2,1-3H3. The normalized spacial score (nSPS) is 25.8. The second-order valence-corrected chi connectivity index (χ2v) is 5.58. The third-order valence-electron chi connectivity index (χ3n) is 3.83. The first-order chi connectivity index (χ1) is 8.13.